The lowest BCUT2D eigenvalue weighted by Gasteiger charge is -2.05. The molecule has 2 heterocycles. The first-order valence-electron chi connectivity index (χ1n) is 6.64. The quantitative estimate of drug-likeness (QED) is 0.693. The number of nitrogens with one attached hydrogen (secondary N) is 1. The molecule has 0 saturated carbocycles. The van der Waals surface area contributed by atoms with Gasteiger partial charge in [0.05, 0.1) is 5.71 Å². The third-order valence-corrected chi connectivity index (χ3v) is 3.10. The number of hydrogen-bond acceptors (Lipinski definition) is 6. The van der Waals surface area contributed by atoms with E-state index < -0.39 is 0 Å². The second-order valence-corrected chi connectivity index (χ2v) is 4.85. The summed E-state index contributed by atoms with van der Waals surface area (Å²) in [6, 6.07) is 7.64. The smallest absolute Gasteiger partial charge is 0.243 e. The van der Waals surface area contributed by atoms with Crippen LogP contribution in [0.5, 0.6) is 11.5 Å². The summed E-state index contributed by atoms with van der Waals surface area (Å²) in [7, 11) is 0. The minimum atomic E-state index is 0.267. The normalized spacial score (nSPS) is 13.4. The predicted octanol–water partition coefficient (Wildman–Crippen LogP) is 2.66. The first kappa shape index (κ1) is 13.4. The largest absolute Gasteiger partial charge is 0.454 e. The number of fused-ring (bicyclic) bond motifs is 1. The Morgan fingerprint density at radius 2 is 1.81 bits per heavy atom. The molecule has 2 aromatic rings. The molecule has 0 aliphatic carbocycles. The van der Waals surface area contributed by atoms with Gasteiger partial charge in [0.15, 0.2) is 11.5 Å². The van der Waals surface area contributed by atoms with Gasteiger partial charge in [-0.25, -0.2) is 15.4 Å². The zero-order chi connectivity index (χ0) is 14.8. The Kier molecular flexibility index (Phi) is 3.43. The monoisotopic (exact) mass is 284 g/mol. The molecule has 0 fully saturated rings. The molecular formula is C15H16N4O2. The first-order valence-corrected chi connectivity index (χ1v) is 6.64. The van der Waals surface area contributed by atoms with Crippen LogP contribution in [-0.4, -0.2) is 22.5 Å². The van der Waals surface area contributed by atoms with Crippen molar-refractivity contribution in [2.24, 2.45) is 5.10 Å². The Balaban J connectivity index is 1.79. The summed E-state index contributed by atoms with van der Waals surface area (Å²) in [5.74, 6) is 1.99. The first-order chi connectivity index (χ1) is 10.1. The molecule has 3 rings (SSSR count). The molecule has 1 N–H and O–H groups in total. The number of nitrogens with zero attached hydrogens (tertiary/aromatic N) is 3. The van der Waals surface area contributed by atoms with Crippen molar-refractivity contribution in [3.05, 3.63) is 41.2 Å². The van der Waals surface area contributed by atoms with Crippen LogP contribution in [0.15, 0.2) is 29.4 Å². The Morgan fingerprint density at radius 1 is 1.10 bits per heavy atom. The molecular weight excluding hydrogens is 268 g/mol. The zero-order valence-electron chi connectivity index (χ0n) is 12.2. The van der Waals surface area contributed by atoms with Crippen molar-refractivity contribution >= 4 is 11.7 Å². The Morgan fingerprint density at radius 3 is 2.57 bits per heavy atom. The van der Waals surface area contributed by atoms with Crippen LogP contribution >= 0.6 is 0 Å². The van der Waals surface area contributed by atoms with Crippen LogP contribution in [-0.2, 0) is 0 Å². The average Bonchev–Trinajstić information content (AvgIpc) is 2.91. The van der Waals surface area contributed by atoms with Crippen LogP contribution in [0.4, 0.5) is 5.95 Å². The highest BCUT2D eigenvalue weighted by Crippen LogP contribution is 2.32. The minimum Gasteiger partial charge on any atom is -0.454 e. The van der Waals surface area contributed by atoms with E-state index in [0.29, 0.717) is 5.95 Å². The van der Waals surface area contributed by atoms with E-state index in [4.69, 9.17) is 9.47 Å². The van der Waals surface area contributed by atoms with Gasteiger partial charge in [-0.3, -0.25) is 0 Å². The molecule has 0 spiro atoms. The van der Waals surface area contributed by atoms with E-state index >= 15 is 0 Å². The van der Waals surface area contributed by atoms with Crippen LogP contribution in [0.2, 0.25) is 0 Å². The highest BCUT2D eigenvalue weighted by atomic mass is 16.7. The van der Waals surface area contributed by atoms with Crippen molar-refractivity contribution in [3.8, 4) is 11.5 Å². The molecule has 108 valence electrons. The van der Waals surface area contributed by atoms with Crippen molar-refractivity contribution in [2.45, 2.75) is 20.8 Å². The highest BCUT2D eigenvalue weighted by Gasteiger charge is 2.14. The van der Waals surface area contributed by atoms with Gasteiger partial charge in [-0.15, -0.1) is 0 Å². The number of hydrogen-bond donors (Lipinski definition) is 1. The van der Waals surface area contributed by atoms with Crippen molar-refractivity contribution in [1.82, 2.24) is 9.97 Å². The Hall–Kier alpha value is -2.63. The second kappa shape index (κ2) is 5.40. The molecule has 0 amide bonds. The number of aryl methyl sites for hydroxylation is 2. The summed E-state index contributed by atoms with van der Waals surface area (Å²) in [6.07, 6.45) is 0. The fraction of sp³-hybridized carbons (Fsp3) is 0.267. The van der Waals surface area contributed by atoms with Crippen LogP contribution in [0.25, 0.3) is 0 Å². The number of ether oxygens (including phenoxy) is 2. The molecule has 6 heteroatoms. The van der Waals surface area contributed by atoms with Crippen molar-refractivity contribution < 1.29 is 9.47 Å². The molecule has 1 aromatic heterocycles. The van der Waals surface area contributed by atoms with E-state index in [0.717, 1.165) is 34.2 Å². The summed E-state index contributed by atoms with van der Waals surface area (Å²) in [5.41, 5.74) is 6.46. The highest BCUT2D eigenvalue weighted by molar-refractivity contribution is 5.99. The van der Waals surface area contributed by atoms with Gasteiger partial charge in [0, 0.05) is 17.0 Å². The van der Waals surface area contributed by atoms with Crippen LogP contribution in [0, 0.1) is 13.8 Å². The van der Waals surface area contributed by atoms with Crippen molar-refractivity contribution in [3.63, 3.8) is 0 Å². The van der Waals surface area contributed by atoms with Crippen molar-refractivity contribution in [1.29, 1.82) is 0 Å². The second-order valence-electron chi connectivity index (χ2n) is 4.85. The van der Waals surface area contributed by atoms with Gasteiger partial charge in [0.25, 0.3) is 0 Å². The molecule has 1 aliphatic rings. The van der Waals surface area contributed by atoms with E-state index in [9.17, 15) is 0 Å². The Labute approximate surface area is 122 Å². The maximum atomic E-state index is 5.36. The van der Waals surface area contributed by atoms with Crippen LogP contribution < -0.4 is 14.9 Å². The number of benzene rings is 1. The predicted molar refractivity (Wildman–Crippen MR) is 79.9 cm³/mol. The maximum absolute atomic E-state index is 5.36. The standard InChI is InChI=1S/C15H16N4O2/c1-9-6-10(2)17-15(16-9)19-18-11(3)12-4-5-13-14(7-12)21-8-20-13/h4-7H,8H2,1-3H3,(H,16,17,19)/b18-11+. The fourth-order valence-corrected chi connectivity index (χ4v) is 2.10. The lowest BCUT2D eigenvalue weighted by atomic mass is 10.1. The van der Waals surface area contributed by atoms with Gasteiger partial charge in [-0.05, 0) is 45.0 Å². The SMILES string of the molecule is C/C(=N\Nc1nc(C)cc(C)n1)c1ccc2c(c1)OCO2. The number of aromatic nitrogens is 2. The summed E-state index contributed by atoms with van der Waals surface area (Å²) in [5, 5.41) is 4.32. The third-order valence-electron chi connectivity index (χ3n) is 3.10. The van der Waals surface area contributed by atoms with E-state index in [2.05, 4.69) is 20.5 Å². The summed E-state index contributed by atoms with van der Waals surface area (Å²) in [6.45, 7) is 6.03. The van der Waals surface area contributed by atoms with E-state index in [1.807, 2.05) is 45.0 Å². The van der Waals surface area contributed by atoms with Gasteiger partial charge in [-0.1, -0.05) is 0 Å². The average molecular weight is 284 g/mol. The van der Waals surface area contributed by atoms with Crippen LogP contribution in [0.3, 0.4) is 0 Å². The van der Waals surface area contributed by atoms with E-state index in [-0.39, 0.29) is 6.79 Å². The van der Waals surface area contributed by atoms with Crippen LogP contribution in [0.1, 0.15) is 23.9 Å². The maximum Gasteiger partial charge on any atom is 0.243 e. The molecule has 1 aliphatic heterocycles. The van der Waals surface area contributed by atoms with Gasteiger partial charge >= 0.3 is 0 Å². The van der Waals surface area contributed by atoms with Gasteiger partial charge in [0.2, 0.25) is 12.7 Å². The number of rotatable bonds is 3. The van der Waals surface area contributed by atoms with Gasteiger partial charge in [-0.2, -0.15) is 5.10 Å². The molecule has 0 bridgehead atoms. The van der Waals surface area contributed by atoms with E-state index in [1.165, 1.54) is 0 Å². The summed E-state index contributed by atoms with van der Waals surface area (Å²) >= 11 is 0. The lowest BCUT2D eigenvalue weighted by Crippen LogP contribution is -2.03. The molecule has 1 aromatic carbocycles. The number of anilines is 1. The van der Waals surface area contributed by atoms with E-state index in [1.54, 1.807) is 0 Å². The minimum absolute atomic E-state index is 0.267. The topological polar surface area (TPSA) is 68.6 Å². The van der Waals surface area contributed by atoms with Crippen molar-refractivity contribution in [2.75, 3.05) is 12.2 Å². The molecule has 6 nitrogen and oxygen atoms in total. The van der Waals surface area contributed by atoms with Gasteiger partial charge in [0.1, 0.15) is 0 Å². The van der Waals surface area contributed by atoms with Gasteiger partial charge < -0.3 is 9.47 Å². The molecule has 0 radical (unpaired) electrons. The molecule has 0 unspecified atom stereocenters. The zero-order valence-corrected chi connectivity index (χ0v) is 12.2. The summed E-state index contributed by atoms with van der Waals surface area (Å²) in [4.78, 5) is 8.57. The number of hydrazone groups is 1. The third kappa shape index (κ3) is 2.94. The summed E-state index contributed by atoms with van der Waals surface area (Å²) < 4.78 is 10.7. The molecule has 0 atom stereocenters. The Bertz CT molecular complexity index is 693. The fourth-order valence-electron chi connectivity index (χ4n) is 2.10. The lowest BCUT2D eigenvalue weighted by molar-refractivity contribution is 0.174. The molecule has 21 heavy (non-hydrogen) atoms. The molecule has 0 saturated heterocycles.